The summed E-state index contributed by atoms with van der Waals surface area (Å²) in [5, 5.41) is 8.14. The van der Waals surface area contributed by atoms with E-state index in [9.17, 15) is 13.2 Å². The Labute approximate surface area is 228 Å². The standard InChI is InChI=1S/C30H26F3N7/c1-3-18(16-40-11-9-30(32,33)17-40)12-19(4-2)21-14-23-26(38-39-28(23)35-15-21)29-36-24-8-10-34-25(27(24)37-29)20-6-5-7-22(31)13-20/h3-8,10,12-15H,1,9,11,16-17H2,2H3,(H,36,37)(H,35,38,39)/b18-12+,19-4+. The molecular weight excluding hydrogens is 515 g/mol. The number of hydrogen-bond donors (Lipinski definition) is 2. The van der Waals surface area contributed by atoms with Crippen LogP contribution in [0.1, 0.15) is 18.9 Å². The van der Waals surface area contributed by atoms with Crippen LogP contribution >= 0.6 is 0 Å². The first kappa shape index (κ1) is 25.7. The number of benzene rings is 1. The van der Waals surface area contributed by atoms with E-state index in [4.69, 9.17) is 4.98 Å². The molecule has 40 heavy (non-hydrogen) atoms. The first-order chi connectivity index (χ1) is 19.3. The fourth-order valence-corrected chi connectivity index (χ4v) is 5.04. The maximum absolute atomic E-state index is 13.9. The van der Waals surface area contributed by atoms with Crippen LogP contribution in [0.15, 0.2) is 79.2 Å². The second-order valence-corrected chi connectivity index (χ2v) is 9.83. The molecule has 1 aliphatic rings. The van der Waals surface area contributed by atoms with E-state index in [2.05, 4.69) is 31.7 Å². The number of fused-ring (bicyclic) bond motifs is 2. The molecule has 0 bridgehead atoms. The lowest BCUT2D eigenvalue weighted by molar-refractivity contribution is 0.0131. The van der Waals surface area contributed by atoms with E-state index in [1.807, 2.05) is 31.2 Å². The monoisotopic (exact) mass is 541 g/mol. The van der Waals surface area contributed by atoms with E-state index >= 15 is 0 Å². The van der Waals surface area contributed by atoms with Crippen molar-refractivity contribution in [1.29, 1.82) is 0 Å². The number of imidazole rings is 1. The third-order valence-electron chi connectivity index (χ3n) is 7.05. The van der Waals surface area contributed by atoms with Crippen LogP contribution in [0.5, 0.6) is 0 Å². The number of pyridine rings is 2. The highest BCUT2D eigenvalue weighted by Gasteiger charge is 2.37. The smallest absolute Gasteiger partial charge is 0.261 e. The third-order valence-corrected chi connectivity index (χ3v) is 7.05. The maximum Gasteiger partial charge on any atom is 0.261 e. The van der Waals surface area contributed by atoms with Gasteiger partial charge in [0.25, 0.3) is 5.92 Å². The van der Waals surface area contributed by atoms with Crippen LogP contribution in [-0.2, 0) is 0 Å². The average molecular weight is 542 g/mol. The molecule has 5 heterocycles. The van der Waals surface area contributed by atoms with Gasteiger partial charge in [-0.05, 0) is 42.3 Å². The molecule has 0 amide bonds. The van der Waals surface area contributed by atoms with E-state index < -0.39 is 5.92 Å². The summed E-state index contributed by atoms with van der Waals surface area (Å²) >= 11 is 0. The van der Waals surface area contributed by atoms with Gasteiger partial charge in [0, 0.05) is 43.0 Å². The molecule has 0 atom stereocenters. The van der Waals surface area contributed by atoms with Gasteiger partial charge in [0.1, 0.15) is 17.0 Å². The topological polar surface area (TPSA) is 86.4 Å². The number of hydrogen-bond acceptors (Lipinski definition) is 5. The van der Waals surface area contributed by atoms with Crippen molar-refractivity contribution in [2.24, 2.45) is 0 Å². The molecule has 0 aliphatic carbocycles. The Hall–Kier alpha value is -4.57. The molecular formula is C30H26F3N7. The minimum Gasteiger partial charge on any atom is -0.337 e. The first-order valence-corrected chi connectivity index (χ1v) is 12.9. The molecule has 1 aliphatic heterocycles. The summed E-state index contributed by atoms with van der Waals surface area (Å²) in [5.41, 5.74) is 6.27. The van der Waals surface area contributed by atoms with Gasteiger partial charge in [-0.15, -0.1) is 0 Å². The molecule has 6 rings (SSSR count). The Kier molecular flexibility index (Phi) is 6.55. The summed E-state index contributed by atoms with van der Waals surface area (Å²) in [5.74, 6) is -2.45. The minimum atomic E-state index is -2.65. The fourth-order valence-electron chi connectivity index (χ4n) is 5.04. The number of nitrogens with zero attached hydrogens (tertiary/aromatic N) is 5. The van der Waals surface area contributed by atoms with Crippen LogP contribution in [0.3, 0.4) is 0 Å². The molecule has 0 spiro atoms. The van der Waals surface area contributed by atoms with E-state index in [1.54, 1.807) is 35.5 Å². The molecule has 2 N–H and O–H groups in total. The Morgan fingerprint density at radius 3 is 2.83 bits per heavy atom. The number of nitrogens with one attached hydrogen (secondary N) is 2. The predicted molar refractivity (Wildman–Crippen MR) is 150 cm³/mol. The quantitative estimate of drug-likeness (QED) is 0.228. The Morgan fingerprint density at radius 2 is 2.08 bits per heavy atom. The highest BCUT2D eigenvalue weighted by atomic mass is 19.3. The summed E-state index contributed by atoms with van der Waals surface area (Å²) < 4.78 is 41.3. The molecule has 10 heteroatoms. The van der Waals surface area contributed by atoms with Gasteiger partial charge in [-0.25, -0.2) is 23.1 Å². The molecule has 1 aromatic carbocycles. The number of allylic oxidation sites excluding steroid dienone is 3. The second-order valence-electron chi connectivity index (χ2n) is 9.83. The van der Waals surface area contributed by atoms with E-state index in [-0.39, 0.29) is 18.8 Å². The number of rotatable bonds is 7. The molecule has 1 fully saturated rings. The van der Waals surface area contributed by atoms with E-state index in [0.717, 1.165) is 27.6 Å². The molecule has 0 unspecified atom stereocenters. The summed E-state index contributed by atoms with van der Waals surface area (Å²) in [6, 6.07) is 10.0. The van der Waals surface area contributed by atoms with Crippen molar-refractivity contribution in [3.63, 3.8) is 0 Å². The highest BCUT2D eigenvalue weighted by molar-refractivity contribution is 5.96. The molecule has 0 saturated carbocycles. The maximum atomic E-state index is 13.9. The second kappa shape index (κ2) is 10.2. The number of aromatic amines is 2. The van der Waals surface area contributed by atoms with Gasteiger partial charge in [0.05, 0.1) is 23.1 Å². The Balaban J connectivity index is 1.35. The summed E-state index contributed by atoms with van der Waals surface area (Å²) in [4.78, 5) is 18.8. The van der Waals surface area contributed by atoms with Crippen LogP contribution in [0, 0.1) is 5.82 Å². The number of alkyl halides is 2. The summed E-state index contributed by atoms with van der Waals surface area (Å²) in [6.07, 6.45) is 8.86. The van der Waals surface area contributed by atoms with E-state index in [1.165, 1.54) is 12.1 Å². The van der Waals surface area contributed by atoms with Crippen LogP contribution in [0.2, 0.25) is 0 Å². The van der Waals surface area contributed by atoms with Gasteiger partial charge in [-0.1, -0.05) is 36.9 Å². The first-order valence-electron chi connectivity index (χ1n) is 12.9. The molecule has 5 aromatic rings. The van der Waals surface area contributed by atoms with Crippen molar-refractivity contribution >= 4 is 27.6 Å². The summed E-state index contributed by atoms with van der Waals surface area (Å²) in [6.45, 7) is 6.30. The van der Waals surface area contributed by atoms with Gasteiger partial charge in [-0.3, -0.25) is 15.0 Å². The van der Waals surface area contributed by atoms with Gasteiger partial charge < -0.3 is 4.98 Å². The van der Waals surface area contributed by atoms with Crippen LogP contribution in [-0.4, -0.2) is 60.6 Å². The Bertz CT molecular complexity index is 1800. The van der Waals surface area contributed by atoms with Gasteiger partial charge >= 0.3 is 0 Å². The largest absolute Gasteiger partial charge is 0.337 e. The number of H-pyrrole nitrogens is 2. The molecule has 202 valence electrons. The highest BCUT2D eigenvalue weighted by Crippen LogP contribution is 2.32. The minimum absolute atomic E-state index is 0.126. The van der Waals surface area contributed by atoms with Crippen LogP contribution in [0.25, 0.3) is 50.4 Å². The molecule has 1 saturated heterocycles. The van der Waals surface area contributed by atoms with Crippen molar-refractivity contribution in [2.75, 3.05) is 19.6 Å². The lowest BCUT2D eigenvalue weighted by Gasteiger charge is -2.16. The zero-order valence-corrected chi connectivity index (χ0v) is 21.8. The third kappa shape index (κ3) is 4.93. The molecule has 0 radical (unpaired) electrons. The number of halogens is 3. The van der Waals surface area contributed by atoms with Crippen molar-refractivity contribution < 1.29 is 13.2 Å². The summed E-state index contributed by atoms with van der Waals surface area (Å²) in [7, 11) is 0. The van der Waals surface area contributed by atoms with E-state index in [0.29, 0.717) is 47.0 Å². The molecule has 4 aromatic heterocycles. The average Bonchev–Trinajstić information content (AvgIpc) is 3.66. The van der Waals surface area contributed by atoms with Gasteiger partial charge in [-0.2, -0.15) is 5.10 Å². The Morgan fingerprint density at radius 1 is 1.20 bits per heavy atom. The zero-order chi connectivity index (χ0) is 27.9. The lowest BCUT2D eigenvalue weighted by Crippen LogP contribution is -2.26. The number of likely N-dealkylation sites (tertiary alicyclic amines) is 1. The fraction of sp³-hybridized carbons (Fsp3) is 0.200. The number of aromatic nitrogens is 6. The predicted octanol–water partition coefficient (Wildman–Crippen LogP) is 6.56. The lowest BCUT2D eigenvalue weighted by atomic mass is 10.0. The van der Waals surface area contributed by atoms with Gasteiger partial charge in [0.2, 0.25) is 0 Å². The van der Waals surface area contributed by atoms with Gasteiger partial charge in [0.15, 0.2) is 11.5 Å². The van der Waals surface area contributed by atoms with Crippen molar-refractivity contribution in [3.8, 4) is 22.8 Å². The van der Waals surface area contributed by atoms with Crippen molar-refractivity contribution in [1.82, 2.24) is 35.0 Å². The van der Waals surface area contributed by atoms with Crippen molar-refractivity contribution in [3.05, 3.63) is 90.6 Å². The normalized spacial score (nSPS) is 16.3. The van der Waals surface area contributed by atoms with Crippen LogP contribution in [0.4, 0.5) is 13.2 Å². The SMILES string of the molecule is C=C/C(=C\C(=C/C)c1cnc2n[nH]c(-c3nc4c(-c5cccc(F)c5)nccc4[nH]3)c2c1)CN1CCC(F)(F)C1. The molecule has 7 nitrogen and oxygen atoms in total. The van der Waals surface area contributed by atoms with Crippen molar-refractivity contribution in [2.45, 2.75) is 19.3 Å². The van der Waals surface area contributed by atoms with Crippen LogP contribution < -0.4 is 0 Å². The zero-order valence-electron chi connectivity index (χ0n) is 21.8.